The van der Waals surface area contributed by atoms with Gasteiger partial charge in [0.25, 0.3) is 0 Å². The van der Waals surface area contributed by atoms with Crippen LogP contribution in [0.25, 0.3) is 0 Å². The fraction of sp³-hybridized carbons (Fsp3) is 0.375. The molecule has 0 fully saturated rings. The molecule has 7 heteroatoms. The van der Waals surface area contributed by atoms with Gasteiger partial charge in [-0.1, -0.05) is 17.7 Å². The minimum atomic E-state index is -0.409. The Morgan fingerprint density at radius 2 is 2.30 bits per heavy atom. The predicted octanol–water partition coefficient (Wildman–Crippen LogP) is 2.37. The van der Waals surface area contributed by atoms with Gasteiger partial charge >= 0.3 is 0 Å². The number of amides is 1. The number of halogens is 2. The van der Waals surface area contributed by atoms with Crippen LogP contribution >= 0.6 is 11.6 Å². The normalized spacial score (nSPS) is 17.8. The molecule has 1 amide bonds. The monoisotopic (exact) mass is 336 g/mol. The maximum atomic E-state index is 13.6. The molecule has 1 aliphatic heterocycles. The lowest BCUT2D eigenvalue weighted by atomic mass is 10.1. The van der Waals surface area contributed by atoms with Crippen molar-refractivity contribution in [3.05, 3.63) is 52.6 Å². The summed E-state index contributed by atoms with van der Waals surface area (Å²) in [6, 6.07) is 6.78. The summed E-state index contributed by atoms with van der Waals surface area (Å²) in [6.07, 6.45) is 2.12. The van der Waals surface area contributed by atoms with Crippen LogP contribution in [0.2, 0.25) is 5.02 Å². The van der Waals surface area contributed by atoms with Crippen LogP contribution in [0, 0.1) is 5.82 Å². The Morgan fingerprint density at radius 1 is 1.48 bits per heavy atom. The minimum Gasteiger partial charge on any atom is -0.359 e. The van der Waals surface area contributed by atoms with Gasteiger partial charge in [0.05, 0.1) is 23.2 Å². The molecule has 0 saturated carbocycles. The highest BCUT2D eigenvalue weighted by Gasteiger charge is 2.27. The first-order valence-electron chi connectivity index (χ1n) is 7.46. The number of rotatable bonds is 4. The lowest BCUT2D eigenvalue weighted by molar-refractivity contribution is -0.121. The van der Waals surface area contributed by atoms with Gasteiger partial charge in [0.2, 0.25) is 5.91 Å². The first-order valence-corrected chi connectivity index (χ1v) is 7.84. The zero-order valence-corrected chi connectivity index (χ0v) is 13.6. The Morgan fingerprint density at radius 3 is 3.04 bits per heavy atom. The molecule has 0 spiro atoms. The van der Waals surface area contributed by atoms with Gasteiger partial charge in [-0.15, -0.1) is 0 Å². The molecule has 1 N–H and O–H groups in total. The largest absolute Gasteiger partial charge is 0.359 e. The van der Waals surface area contributed by atoms with Crippen molar-refractivity contribution in [2.45, 2.75) is 25.6 Å². The molecule has 5 nitrogen and oxygen atoms in total. The Balaban J connectivity index is 1.76. The van der Waals surface area contributed by atoms with Gasteiger partial charge in [0.15, 0.2) is 0 Å². The molecule has 0 saturated heterocycles. The molecule has 3 rings (SSSR count). The summed E-state index contributed by atoms with van der Waals surface area (Å²) in [7, 11) is 1.63. The Hall–Kier alpha value is -1.92. The van der Waals surface area contributed by atoms with Crippen LogP contribution in [0.5, 0.6) is 0 Å². The van der Waals surface area contributed by atoms with Gasteiger partial charge in [-0.05, 0) is 23.8 Å². The zero-order valence-electron chi connectivity index (χ0n) is 12.8. The second-order valence-electron chi connectivity index (χ2n) is 5.72. The Labute approximate surface area is 139 Å². The van der Waals surface area contributed by atoms with E-state index in [9.17, 15) is 9.18 Å². The van der Waals surface area contributed by atoms with Gasteiger partial charge in [-0.3, -0.25) is 14.4 Å². The van der Waals surface area contributed by atoms with Gasteiger partial charge < -0.3 is 5.32 Å². The smallest absolute Gasteiger partial charge is 0.221 e. The molecule has 23 heavy (non-hydrogen) atoms. The van der Waals surface area contributed by atoms with Gasteiger partial charge in [0, 0.05) is 32.9 Å². The van der Waals surface area contributed by atoms with Crippen molar-refractivity contribution in [3.63, 3.8) is 0 Å². The number of carbonyl (C=O) groups excluding carboxylic acids is 1. The molecule has 0 bridgehead atoms. The molecule has 2 heterocycles. The molecular formula is C16H18ClFN4O. The average Bonchev–Trinajstić information content (AvgIpc) is 2.99. The van der Waals surface area contributed by atoms with E-state index in [0.29, 0.717) is 26.1 Å². The minimum absolute atomic E-state index is 0.0177. The Kier molecular flexibility index (Phi) is 4.63. The maximum absolute atomic E-state index is 13.6. The lowest BCUT2D eigenvalue weighted by Gasteiger charge is -2.33. The van der Waals surface area contributed by atoms with E-state index in [1.807, 2.05) is 16.8 Å². The molecule has 1 aliphatic rings. The zero-order chi connectivity index (χ0) is 16.4. The molecule has 2 aromatic rings. The lowest BCUT2D eigenvalue weighted by Crippen LogP contribution is -2.39. The molecule has 122 valence electrons. The number of hydrogen-bond donors (Lipinski definition) is 1. The van der Waals surface area contributed by atoms with E-state index >= 15 is 0 Å². The quantitative estimate of drug-likeness (QED) is 0.932. The number of hydrogen-bond acceptors (Lipinski definition) is 3. The van der Waals surface area contributed by atoms with Crippen molar-refractivity contribution in [2.75, 3.05) is 13.6 Å². The van der Waals surface area contributed by atoms with Crippen LogP contribution in [-0.2, 0) is 17.9 Å². The van der Waals surface area contributed by atoms with E-state index in [4.69, 9.17) is 11.6 Å². The highest BCUT2D eigenvalue weighted by Crippen LogP contribution is 2.25. The molecule has 1 aromatic heterocycles. The summed E-state index contributed by atoms with van der Waals surface area (Å²) in [4.78, 5) is 13.9. The number of aromatic nitrogens is 2. The van der Waals surface area contributed by atoms with Crippen molar-refractivity contribution < 1.29 is 9.18 Å². The first-order chi connectivity index (χ1) is 11.1. The van der Waals surface area contributed by atoms with E-state index in [0.717, 1.165) is 11.3 Å². The third-order valence-electron chi connectivity index (χ3n) is 4.04. The van der Waals surface area contributed by atoms with Crippen molar-refractivity contribution in [1.82, 2.24) is 20.0 Å². The first kappa shape index (κ1) is 16.0. The summed E-state index contributed by atoms with van der Waals surface area (Å²) in [5.74, 6) is -0.427. The summed E-state index contributed by atoms with van der Waals surface area (Å²) >= 11 is 5.73. The fourth-order valence-corrected chi connectivity index (χ4v) is 3.07. The summed E-state index contributed by atoms with van der Waals surface area (Å²) in [5, 5.41) is 7.10. The molecule has 1 atom stereocenters. The number of nitrogens with zero attached hydrogens (tertiary/aromatic N) is 3. The maximum Gasteiger partial charge on any atom is 0.221 e. The van der Waals surface area contributed by atoms with Crippen molar-refractivity contribution >= 4 is 17.5 Å². The van der Waals surface area contributed by atoms with E-state index in [1.165, 1.54) is 6.07 Å². The number of benzene rings is 1. The predicted molar refractivity (Wildman–Crippen MR) is 85.5 cm³/mol. The number of nitrogens with one attached hydrogen (secondary N) is 1. The van der Waals surface area contributed by atoms with E-state index < -0.39 is 5.82 Å². The SMILES string of the molecule is CNC(=O)CC1CN(Cc2ccc(Cl)c(F)c2)Cc2ccnn21. The van der Waals surface area contributed by atoms with E-state index in [1.54, 1.807) is 19.3 Å². The second-order valence-corrected chi connectivity index (χ2v) is 6.12. The summed E-state index contributed by atoms with van der Waals surface area (Å²) in [6.45, 7) is 2.00. The van der Waals surface area contributed by atoms with Crippen LogP contribution in [0.3, 0.4) is 0 Å². The van der Waals surface area contributed by atoms with E-state index in [-0.39, 0.29) is 17.0 Å². The molecular weight excluding hydrogens is 319 g/mol. The van der Waals surface area contributed by atoms with Gasteiger partial charge in [-0.2, -0.15) is 5.10 Å². The highest BCUT2D eigenvalue weighted by molar-refractivity contribution is 6.30. The number of fused-ring (bicyclic) bond motifs is 1. The van der Waals surface area contributed by atoms with Crippen LogP contribution in [0.1, 0.15) is 23.7 Å². The second kappa shape index (κ2) is 6.68. The van der Waals surface area contributed by atoms with Crippen molar-refractivity contribution in [1.29, 1.82) is 0 Å². The fourth-order valence-electron chi connectivity index (χ4n) is 2.95. The average molecular weight is 337 g/mol. The van der Waals surface area contributed by atoms with Crippen LogP contribution in [-0.4, -0.2) is 34.2 Å². The third kappa shape index (κ3) is 3.54. The van der Waals surface area contributed by atoms with Crippen LogP contribution in [0.15, 0.2) is 30.5 Å². The molecule has 1 unspecified atom stereocenters. The van der Waals surface area contributed by atoms with Gasteiger partial charge in [-0.25, -0.2) is 4.39 Å². The molecule has 1 aromatic carbocycles. The van der Waals surface area contributed by atoms with E-state index in [2.05, 4.69) is 15.3 Å². The van der Waals surface area contributed by atoms with Crippen molar-refractivity contribution in [3.8, 4) is 0 Å². The van der Waals surface area contributed by atoms with Crippen LogP contribution < -0.4 is 5.32 Å². The molecule has 0 radical (unpaired) electrons. The highest BCUT2D eigenvalue weighted by atomic mass is 35.5. The summed E-state index contributed by atoms with van der Waals surface area (Å²) < 4.78 is 15.5. The molecule has 0 aliphatic carbocycles. The Bertz CT molecular complexity index is 718. The van der Waals surface area contributed by atoms with Crippen LogP contribution in [0.4, 0.5) is 4.39 Å². The van der Waals surface area contributed by atoms with Gasteiger partial charge in [0.1, 0.15) is 5.82 Å². The summed E-state index contributed by atoms with van der Waals surface area (Å²) in [5.41, 5.74) is 1.91. The standard InChI is InChI=1S/C16H18ClFN4O/c1-19-16(23)7-13-10-21(9-12-4-5-20-22(12)13)8-11-2-3-14(17)15(18)6-11/h2-6,13H,7-10H2,1H3,(H,19,23). The third-order valence-corrected chi connectivity index (χ3v) is 4.35. The van der Waals surface area contributed by atoms with Crippen molar-refractivity contribution in [2.24, 2.45) is 0 Å². The topological polar surface area (TPSA) is 50.2 Å². The number of carbonyl (C=O) groups is 1.